The lowest BCUT2D eigenvalue weighted by Crippen LogP contribution is -2.54. The smallest absolute Gasteiger partial charge is 0.252 e. The second-order valence-electron chi connectivity index (χ2n) is 3.72. The van der Waals surface area contributed by atoms with Gasteiger partial charge >= 0.3 is 0 Å². The van der Waals surface area contributed by atoms with Gasteiger partial charge in [-0.15, -0.1) is 0 Å². The summed E-state index contributed by atoms with van der Waals surface area (Å²) >= 11 is 0. The Kier molecular flexibility index (Phi) is 4.79. The Morgan fingerprint density at radius 1 is 1.62 bits per heavy atom. The van der Waals surface area contributed by atoms with Gasteiger partial charge in [0.1, 0.15) is 18.4 Å². The summed E-state index contributed by atoms with van der Waals surface area (Å²) in [5.74, 6) is 0.573. The first-order valence-corrected chi connectivity index (χ1v) is 5.48. The second kappa shape index (κ2) is 6.12. The molecule has 0 spiro atoms. The van der Waals surface area contributed by atoms with Crippen molar-refractivity contribution in [1.29, 1.82) is 0 Å². The minimum absolute atomic E-state index is 0.102. The molecule has 4 nitrogen and oxygen atoms in total. The zero-order chi connectivity index (χ0) is 12.0. The molecule has 1 heterocycles. The summed E-state index contributed by atoms with van der Waals surface area (Å²) in [6.45, 7) is 6.05. The molecule has 1 aromatic rings. The van der Waals surface area contributed by atoms with Gasteiger partial charge in [0, 0.05) is 18.6 Å². The Balaban J connectivity index is 2.88. The van der Waals surface area contributed by atoms with Crippen LogP contribution in [0.5, 0.6) is 5.75 Å². The number of aromatic nitrogens is 1. The standard InChI is InChI=1S/C12H18N2O2/c1-3-5-10(13)11-7-9(16-6-4-2)8-12(15)14-11/h4,7-8,10H,2-3,5-6,13H2,1H3,(H,14,15)/p+1/t10-/m1/s1. The van der Waals surface area contributed by atoms with Crippen molar-refractivity contribution in [2.75, 3.05) is 6.61 Å². The highest BCUT2D eigenvalue weighted by Crippen LogP contribution is 2.15. The van der Waals surface area contributed by atoms with Crippen molar-refractivity contribution < 1.29 is 10.5 Å². The van der Waals surface area contributed by atoms with E-state index in [2.05, 4.69) is 24.2 Å². The lowest BCUT2D eigenvalue weighted by Gasteiger charge is -2.09. The monoisotopic (exact) mass is 223 g/mol. The van der Waals surface area contributed by atoms with Gasteiger partial charge in [0.25, 0.3) is 5.56 Å². The molecule has 0 aliphatic heterocycles. The normalized spacial score (nSPS) is 12.1. The molecular weight excluding hydrogens is 204 g/mol. The fraction of sp³-hybridized carbons (Fsp3) is 0.417. The number of pyridine rings is 1. The van der Waals surface area contributed by atoms with E-state index in [1.54, 1.807) is 6.08 Å². The van der Waals surface area contributed by atoms with Gasteiger partial charge in [-0.3, -0.25) is 4.79 Å². The number of nitrogens with one attached hydrogen (secondary N) is 1. The largest absolute Gasteiger partial charge is 0.489 e. The summed E-state index contributed by atoms with van der Waals surface area (Å²) in [5, 5.41) is 0. The molecule has 0 radical (unpaired) electrons. The number of ether oxygens (including phenoxy) is 1. The number of quaternary nitrogens is 1. The van der Waals surface area contributed by atoms with Crippen molar-refractivity contribution >= 4 is 0 Å². The number of hydrogen-bond acceptors (Lipinski definition) is 2. The van der Waals surface area contributed by atoms with E-state index in [9.17, 15) is 4.79 Å². The third-order valence-corrected chi connectivity index (χ3v) is 2.28. The average molecular weight is 223 g/mol. The fourth-order valence-corrected chi connectivity index (χ4v) is 1.50. The minimum atomic E-state index is -0.152. The quantitative estimate of drug-likeness (QED) is 0.707. The maximum atomic E-state index is 11.4. The summed E-state index contributed by atoms with van der Waals surface area (Å²) in [7, 11) is 0. The molecule has 0 aliphatic carbocycles. The van der Waals surface area contributed by atoms with Crippen LogP contribution in [0, 0.1) is 0 Å². The van der Waals surface area contributed by atoms with Gasteiger partial charge in [0.2, 0.25) is 0 Å². The Morgan fingerprint density at radius 3 is 3.00 bits per heavy atom. The molecule has 0 bridgehead atoms. The highest BCUT2D eigenvalue weighted by molar-refractivity contribution is 5.24. The summed E-state index contributed by atoms with van der Waals surface area (Å²) < 4.78 is 5.34. The van der Waals surface area contributed by atoms with Crippen molar-refractivity contribution in [3.05, 3.63) is 40.8 Å². The lowest BCUT2D eigenvalue weighted by molar-refractivity contribution is -0.429. The molecule has 0 fully saturated rings. The number of aromatic amines is 1. The van der Waals surface area contributed by atoms with E-state index < -0.39 is 0 Å². The predicted octanol–water partition coefficient (Wildman–Crippen LogP) is 1.02. The highest BCUT2D eigenvalue weighted by Gasteiger charge is 2.11. The molecule has 0 aromatic carbocycles. The Hall–Kier alpha value is -1.55. The molecule has 88 valence electrons. The van der Waals surface area contributed by atoms with Crippen molar-refractivity contribution in [3.8, 4) is 5.75 Å². The zero-order valence-corrected chi connectivity index (χ0v) is 9.66. The van der Waals surface area contributed by atoms with Crippen molar-refractivity contribution in [2.45, 2.75) is 25.8 Å². The molecule has 1 aromatic heterocycles. The first-order valence-electron chi connectivity index (χ1n) is 5.48. The van der Waals surface area contributed by atoms with E-state index in [1.165, 1.54) is 6.07 Å². The van der Waals surface area contributed by atoms with Crippen molar-refractivity contribution in [1.82, 2.24) is 4.98 Å². The van der Waals surface area contributed by atoms with Crippen LogP contribution in [-0.4, -0.2) is 11.6 Å². The number of rotatable bonds is 6. The van der Waals surface area contributed by atoms with Crippen LogP contribution in [0.4, 0.5) is 0 Å². The highest BCUT2D eigenvalue weighted by atomic mass is 16.5. The van der Waals surface area contributed by atoms with Gasteiger partial charge in [-0.05, 0) is 0 Å². The molecule has 1 rings (SSSR count). The fourth-order valence-electron chi connectivity index (χ4n) is 1.50. The topological polar surface area (TPSA) is 69.7 Å². The molecular formula is C12H19N2O2+. The van der Waals surface area contributed by atoms with Gasteiger partial charge in [-0.2, -0.15) is 0 Å². The predicted molar refractivity (Wildman–Crippen MR) is 63.3 cm³/mol. The molecule has 4 heteroatoms. The van der Waals surface area contributed by atoms with Crippen LogP contribution in [0.2, 0.25) is 0 Å². The summed E-state index contributed by atoms with van der Waals surface area (Å²) in [4.78, 5) is 14.2. The lowest BCUT2D eigenvalue weighted by atomic mass is 10.1. The number of H-pyrrole nitrogens is 1. The molecule has 0 amide bonds. The Labute approximate surface area is 95.1 Å². The first kappa shape index (κ1) is 12.5. The van der Waals surface area contributed by atoms with Gasteiger partial charge < -0.3 is 15.5 Å². The average Bonchev–Trinajstić information content (AvgIpc) is 2.26. The Bertz CT molecular complexity index is 398. The maximum Gasteiger partial charge on any atom is 0.252 e. The summed E-state index contributed by atoms with van der Waals surface area (Å²) in [6, 6.07) is 3.37. The maximum absolute atomic E-state index is 11.4. The van der Waals surface area contributed by atoms with Crippen LogP contribution >= 0.6 is 0 Å². The molecule has 0 aliphatic rings. The summed E-state index contributed by atoms with van der Waals surface area (Å²) in [6.07, 6.45) is 3.63. The van der Waals surface area contributed by atoms with Crippen molar-refractivity contribution in [3.63, 3.8) is 0 Å². The van der Waals surface area contributed by atoms with Crippen LogP contribution < -0.4 is 16.0 Å². The van der Waals surface area contributed by atoms with Gasteiger partial charge in [0.05, 0.1) is 5.69 Å². The molecule has 1 atom stereocenters. The van der Waals surface area contributed by atoms with E-state index in [0.717, 1.165) is 18.5 Å². The van der Waals surface area contributed by atoms with Crippen LogP contribution in [0.15, 0.2) is 29.6 Å². The van der Waals surface area contributed by atoms with E-state index in [4.69, 9.17) is 4.74 Å². The third kappa shape index (κ3) is 3.55. The van der Waals surface area contributed by atoms with E-state index in [-0.39, 0.29) is 11.6 Å². The molecule has 0 saturated heterocycles. The van der Waals surface area contributed by atoms with Gasteiger partial charge in [-0.1, -0.05) is 26.0 Å². The SMILES string of the molecule is C=CCOc1cc([C@H]([NH3+])CCC)[nH]c(=O)c1. The van der Waals surface area contributed by atoms with E-state index in [0.29, 0.717) is 12.4 Å². The minimum Gasteiger partial charge on any atom is -0.489 e. The van der Waals surface area contributed by atoms with Crippen molar-refractivity contribution in [2.24, 2.45) is 0 Å². The number of hydrogen-bond donors (Lipinski definition) is 2. The molecule has 4 N–H and O–H groups in total. The first-order chi connectivity index (χ1) is 7.67. The van der Waals surface area contributed by atoms with Crippen LogP contribution in [-0.2, 0) is 0 Å². The zero-order valence-electron chi connectivity index (χ0n) is 9.66. The van der Waals surface area contributed by atoms with Crippen LogP contribution in [0.25, 0.3) is 0 Å². The van der Waals surface area contributed by atoms with Crippen LogP contribution in [0.1, 0.15) is 31.5 Å². The molecule has 0 saturated carbocycles. The van der Waals surface area contributed by atoms with Gasteiger partial charge in [-0.25, -0.2) is 0 Å². The summed E-state index contributed by atoms with van der Waals surface area (Å²) in [5.41, 5.74) is 4.69. The third-order valence-electron chi connectivity index (χ3n) is 2.28. The molecule has 16 heavy (non-hydrogen) atoms. The van der Waals surface area contributed by atoms with Crippen LogP contribution in [0.3, 0.4) is 0 Å². The second-order valence-corrected chi connectivity index (χ2v) is 3.72. The van der Waals surface area contributed by atoms with Gasteiger partial charge in [0.15, 0.2) is 0 Å². The van der Waals surface area contributed by atoms with E-state index in [1.807, 2.05) is 6.07 Å². The van der Waals surface area contributed by atoms with E-state index >= 15 is 0 Å². The Morgan fingerprint density at radius 2 is 2.38 bits per heavy atom. The molecule has 0 unspecified atom stereocenters.